The van der Waals surface area contributed by atoms with Crippen molar-refractivity contribution in [2.24, 2.45) is 0 Å². The highest BCUT2D eigenvalue weighted by Gasteiger charge is 2.85. The molecule has 0 spiro atoms. The molecule has 1 rings (SSSR count). The molecule has 7 nitrogen and oxygen atoms in total. The van der Waals surface area contributed by atoms with Gasteiger partial charge in [0.15, 0.2) is 0 Å². The standard InChI is InChI=1S/C15H5F17N2O5/c16-8(11(20,21)22,7(35)33-5-2-1-3-6(4-5)34(36)37)38-15(31,32)10(19,13(26,27)28)39-14(29,30)9(17,18)12(23,24)25/h1-4H,(H,33,35)/t8-,10-/m1/s1. The van der Waals surface area contributed by atoms with Gasteiger partial charge in [-0.25, -0.2) is 0 Å². The van der Waals surface area contributed by atoms with Crippen LogP contribution in [0.5, 0.6) is 0 Å². The second-order valence-corrected chi connectivity index (χ2v) is 6.76. The Balaban J connectivity index is 3.64. The Kier molecular flexibility index (Phi) is 8.49. The molecule has 1 N–H and O–H groups in total. The molecule has 2 atom stereocenters. The van der Waals surface area contributed by atoms with Crippen molar-refractivity contribution in [1.82, 2.24) is 0 Å². The summed E-state index contributed by atoms with van der Waals surface area (Å²) in [6.45, 7) is 0. The zero-order valence-corrected chi connectivity index (χ0v) is 17.2. The Morgan fingerprint density at radius 1 is 0.718 bits per heavy atom. The molecule has 0 unspecified atom stereocenters. The van der Waals surface area contributed by atoms with Gasteiger partial charge in [0.2, 0.25) is 0 Å². The van der Waals surface area contributed by atoms with E-state index in [9.17, 15) is 89.5 Å². The highest BCUT2D eigenvalue weighted by Crippen LogP contribution is 2.56. The van der Waals surface area contributed by atoms with Gasteiger partial charge in [-0.3, -0.25) is 24.4 Å². The average Bonchev–Trinajstić information content (AvgIpc) is 2.70. The number of non-ortho nitro benzene ring substituents is 1. The van der Waals surface area contributed by atoms with Crippen LogP contribution in [0.25, 0.3) is 0 Å². The van der Waals surface area contributed by atoms with Gasteiger partial charge in [0.1, 0.15) is 0 Å². The number of nitro groups is 1. The number of carbonyl (C=O) groups excluding carboxylic acids is 1. The van der Waals surface area contributed by atoms with E-state index in [1.54, 1.807) is 0 Å². The van der Waals surface area contributed by atoms with Crippen LogP contribution in [0, 0.1) is 10.1 Å². The molecule has 0 heterocycles. The Hall–Kier alpha value is -3.18. The largest absolute Gasteiger partial charge is 0.462 e. The normalized spacial score (nSPS) is 17.3. The Labute approximate surface area is 200 Å². The summed E-state index contributed by atoms with van der Waals surface area (Å²) in [5.74, 6) is -26.7. The van der Waals surface area contributed by atoms with Gasteiger partial charge < -0.3 is 5.32 Å². The van der Waals surface area contributed by atoms with E-state index < -0.39 is 70.6 Å². The van der Waals surface area contributed by atoms with E-state index in [1.165, 1.54) is 4.74 Å². The van der Waals surface area contributed by atoms with Gasteiger partial charge in [0.05, 0.1) is 4.92 Å². The lowest BCUT2D eigenvalue weighted by atomic mass is 10.2. The van der Waals surface area contributed by atoms with Crippen molar-refractivity contribution in [3.8, 4) is 0 Å². The SMILES string of the molecule is O=C(Nc1cccc([N+](=O)[O-])c1)[C@@](F)(OC(F)(F)[C@](F)(OC(F)(F)C(F)(F)C(F)(F)F)C(F)(F)F)C(F)(F)F. The highest BCUT2D eigenvalue weighted by molar-refractivity contribution is 5.97. The van der Waals surface area contributed by atoms with Gasteiger partial charge in [0, 0.05) is 17.8 Å². The molecule has 24 heteroatoms. The lowest BCUT2D eigenvalue weighted by Crippen LogP contribution is -2.68. The van der Waals surface area contributed by atoms with Crippen LogP contribution in [0.2, 0.25) is 0 Å². The molecule has 1 aromatic rings. The van der Waals surface area contributed by atoms with Crippen molar-refractivity contribution in [3.63, 3.8) is 0 Å². The molecular formula is C15H5F17N2O5. The van der Waals surface area contributed by atoms with Crippen molar-refractivity contribution < 1.29 is 93.8 Å². The molecule has 0 radical (unpaired) electrons. The summed E-state index contributed by atoms with van der Waals surface area (Å²) in [7, 11) is 0. The van der Waals surface area contributed by atoms with E-state index in [0.29, 0.717) is 23.5 Å². The van der Waals surface area contributed by atoms with Gasteiger partial charge in [0.25, 0.3) is 11.6 Å². The molecule has 224 valence electrons. The average molecular weight is 616 g/mol. The molecule has 0 saturated heterocycles. The second kappa shape index (κ2) is 9.78. The fraction of sp³-hybridized carbons (Fsp3) is 0.533. The van der Waals surface area contributed by atoms with Crippen LogP contribution < -0.4 is 5.32 Å². The minimum absolute atomic E-state index is 0.0882. The first-order valence-corrected chi connectivity index (χ1v) is 8.64. The minimum Gasteiger partial charge on any atom is -0.321 e. The van der Waals surface area contributed by atoms with Gasteiger partial charge in [-0.2, -0.15) is 74.6 Å². The third-order valence-corrected chi connectivity index (χ3v) is 3.97. The van der Waals surface area contributed by atoms with Crippen molar-refractivity contribution in [1.29, 1.82) is 0 Å². The highest BCUT2D eigenvalue weighted by atomic mass is 19.4. The van der Waals surface area contributed by atoms with Crippen LogP contribution in [0.4, 0.5) is 86.0 Å². The van der Waals surface area contributed by atoms with Crippen molar-refractivity contribution in [2.75, 3.05) is 5.32 Å². The molecule has 0 saturated carbocycles. The van der Waals surface area contributed by atoms with Crippen molar-refractivity contribution in [3.05, 3.63) is 34.4 Å². The summed E-state index contributed by atoms with van der Waals surface area (Å²) >= 11 is 0. The van der Waals surface area contributed by atoms with Crippen LogP contribution in [0.3, 0.4) is 0 Å². The maximum absolute atomic E-state index is 14.4. The van der Waals surface area contributed by atoms with Gasteiger partial charge >= 0.3 is 48.4 Å². The molecule has 1 aromatic carbocycles. The number of benzene rings is 1. The Morgan fingerprint density at radius 2 is 1.21 bits per heavy atom. The number of hydrogen-bond acceptors (Lipinski definition) is 5. The number of nitrogens with one attached hydrogen (secondary N) is 1. The van der Waals surface area contributed by atoms with E-state index in [0.717, 1.165) is 0 Å². The fourth-order valence-corrected chi connectivity index (χ4v) is 2.07. The lowest BCUT2D eigenvalue weighted by Gasteiger charge is -2.40. The molecule has 0 aliphatic heterocycles. The lowest BCUT2D eigenvalue weighted by molar-refractivity contribution is -0.548. The van der Waals surface area contributed by atoms with Crippen molar-refractivity contribution in [2.45, 2.75) is 48.4 Å². The van der Waals surface area contributed by atoms with E-state index in [1.807, 2.05) is 4.74 Å². The molecule has 0 aliphatic carbocycles. The number of amides is 1. The number of halogens is 17. The monoisotopic (exact) mass is 616 g/mol. The van der Waals surface area contributed by atoms with E-state index in [2.05, 4.69) is 0 Å². The molecule has 39 heavy (non-hydrogen) atoms. The Bertz CT molecular complexity index is 1090. The molecule has 0 fully saturated rings. The molecular weight excluding hydrogens is 611 g/mol. The summed E-state index contributed by atoms with van der Waals surface area (Å²) in [6.07, 6.45) is -39.0. The van der Waals surface area contributed by atoms with Gasteiger partial charge in [-0.1, -0.05) is 6.07 Å². The number of nitro benzene ring substituents is 1. The zero-order chi connectivity index (χ0) is 31.3. The van der Waals surface area contributed by atoms with E-state index in [4.69, 9.17) is 0 Å². The third-order valence-electron chi connectivity index (χ3n) is 3.97. The van der Waals surface area contributed by atoms with E-state index in [-0.39, 0.29) is 6.07 Å². The number of nitrogens with zero attached hydrogens (tertiary/aromatic N) is 1. The van der Waals surface area contributed by atoms with Gasteiger partial charge in [-0.15, -0.1) is 0 Å². The predicted molar refractivity (Wildman–Crippen MR) is 84.6 cm³/mol. The van der Waals surface area contributed by atoms with Crippen LogP contribution in [0.15, 0.2) is 24.3 Å². The van der Waals surface area contributed by atoms with Crippen LogP contribution >= 0.6 is 0 Å². The number of carbonyl (C=O) groups is 1. The third kappa shape index (κ3) is 6.19. The quantitative estimate of drug-likeness (QED) is 0.197. The van der Waals surface area contributed by atoms with E-state index >= 15 is 0 Å². The first-order valence-electron chi connectivity index (χ1n) is 8.64. The summed E-state index contributed by atoms with van der Waals surface area (Å²) in [4.78, 5) is 21.0. The molecule has 1 amide bonds. The fourth-order valence-electron chi connectivity index (χ4n) is 2.07. The summed E-state index contributed by atoms with van der Waals surface area (Å²) < 4.78 is 226. The summed E-state index contributed by atoms with van der Waals surface area (Å²) in [5, 5.41) is 11.2. The first-order chi connectivity index (χ1) is 17.0. The number of alkyl halides is 17. The molecule has 0 aromatic heterocycles. The topological polar surface area (TPSA) is 90.7 Å². The number of hydrogen-bond donors (Lipinski definition) is 1. The summed E-state index contributed by atoms with van der Waals surface area (Å²) in [5.41, 5.74) is -2.40. The van der Waals surface area contributed by atoms with Crippen LogP contribution in [0.1, 0.15) is 0 Å². The first kappa shape index (κ1) is 33.8. The number of rotatable bonds is 9. The number of ether oxygens (including phenoxy) is 2. The van der Waals surface area contributed by atoms with Crippen molar-refractivity contribution >= 4 is 17.3 Å². The predicted octanol–water partition coefficient (Wildman–Crippen LogP) is 6.41. The Morgan fingerprint density at radius 3 is 1.59 bits per heavy atom. The second-order valence-electron chi connectivity index (χ2n) is 6.76. The number of anilines is 1. The molecule has 0 bridgehead atoms. The smallest absolute Gasteiger partial charge is 0.321 e. The van der Waals surface area contributed by atoms with Gasteiger partial charge in [-0.05, 0) is 6.07 Å². The zero-order valence-electron chi connectivity index (χ0n) is 17.2. The molecule has 0 aliphatic rings. The van der Waals surface area contributed by atoms with Crippen LogP contribution in [-0.4, -0.2) is 59.2 Å². The summed E-state index contributed by atoms with van der Waals surface area (Å²) in [6, 6.07) is 1.58. The minimum atomic E-state index is -8.15. The van der Waals surface area contributed by atoms with Crippen LogP contribution in [-0.2, 0) is 14.3 Å². The maximum atomic E-state index is 14.4. The maximum Gasteiger partial charge on any atom is 0.462 e.